The van der Waals surface area contributed by atoms with E-state index in [2.05, 4.69) is 15.5 Å². The normalized spacial score (nSPS) is 12.4. The van der Waals surface area contributed by atoms with Gasteiger partial charge < -0.3 is 5.11 Å². The van der Waals surface area contributed by atoms with Gasteiger partial charge in [-0.1, -0.05) is 30.7 Å². The van der Waals surface area contributed by atoms with Crippen LogP contribution in [0.3, 0.4) is 0 Å². The molecule has 1 aromatic carbocycles. The van der Waals surface area contributed by atoms with E-state index < -0.39 is 11.9 Å². The third-order valence-corrected chi connectivity index (χ3v) is 3.32. The van der Waals surface area contributed by atoms with Crippen LogP contribution in [0.15, 0.2) is 18.2 Å². The number of benzene rings is 1. The van der Waals surface area contributed by atoms with Crippen LogP contribution in [0.1, 0.15) is 12.5 Å². The first-order valence-corrected chi connectivity index (χ1v) is 6.13. The number of rotatable bonds is 4. The zero-order valence-corrected chi connectivity index (χ0v) is 11.3. The Morgan fingerprint density at radius 1 is 1.53 bits per heavy atom. The van der Waals surface area contributed by atoms with E-state index in [1.807, 2.05) is 19.1 Å². The summed E-state index contributed by atoms with van der Waals surface area (Å²) in [5, 5.41) is 21.0. The van der Waals surface area contributed by atoms with Gasteiger partial charge in [-0.2, -0.15) is 0 Å². The summed E-state index contributed by atoms with van der Waals surface area (Å²) in [5.41, 5.74) is 1.67. The Balaban J connectivity index is 2.39. The molecule has 0 bridgehead atoms. The van der Waals surface area contributed by atoms with Gasteiger partial charge in [0.1, 0.15) is 0 Å². The standard InChI is InChI=1S/C12H13ClN4O2/c1-7(12(18)19)6-17-11(14-15-16-17)9-4-3-5-10(13)8(9)2/h3-5,7H,6H2,1-2H3,(H,18,19). The van der Waals surface area contributed by atoms with Crippen LogP contribution in [0.4, 0.5) is 0 Å². The molecule has 7 heteroatoms. The first kappa shape index (κ1) is 13.5. The first-order chi connectivity index (χ1) is 9.00. The Morgan fingerprint density at radius 2 is 2.26 bits per heavy atom. The zero-order valence-electron chi connectivity index (χ0n) is 10.5. The molecule has 1 unspecified atom stereocenters. The third kappa shape index (κ3) is 2.73. The largest absolute Gasteiger partial charge is 0.481 e. The van der Waals surface area contributed by atoms with E-state index in [9.17, 15) is 4.79 Å². The van der Waals surface area contributed by atoms with Gasteiger partial charge in [0.25, 0.3) is 0 Å². The number of hydrogen-bond acceptors (Lipinski definition) is 4. The van der Waals surface area contributed by atoms with Crippen molar-refractivity contribution in [3.8, 4) is 11.4 Å². The van der Waals surface area contributed by atoms with Crippen molar-refractivity contribution in [1.82, 2.24) is 20.2 Å². The summed E-state index contributed by atoms with van der Waals surface area (Å²) in [4.78, 5) is 10.9. The Kier molecular flexibility index (Phi) is 3.80. The van der Waals surface area contributed by atoms with Crippen LogP contribution in [0, 0.1) is 12.8 Å². The summed E-state index contributed by atoms with van der Waals surface area (Å²) in [7, 11) is 0. The van der Waals surface area contributed by atoms with Crippen molar-refractivity contribution < 1.29 is 9.90 Å². The molecule has 0 radical (unpaired) electrons. The highest BCUT2D eigenvalue weighted by atomic mass is 35.5. The molecule has 0 saturated heterocycles. The monoisotopic (exact) mass is 280 g/mol. The molecule has 2 rings (SSSR count). The van der Waals surface area contributed by atoms with E-state index >= 15 is 0 Å². The fourth-order valence-corrected chi connectivity index (χ4v) is 1.88. The minimum atomic E-state index is -0.885. The first-order valence-electron chi connectivity index (χ1n) is 5.75. The van der Waals surface area contributed by atoms with Crippen molar-refractivity contribution in [1.29, 1.82) is 0 Å². The highest BCUT2D eigenvalue weighted by molar-refractivity contribution is 6.31. The van der Waals surface area contributed by atoms with Gasteiger partial charge in [-0.15, -0.1) is 5.10 Å². The fourth-order valence-electron chi connectivity index (χ4n) is 1.71. The summed E-state index contributed by atoms with van der Waals surface area (Å²) in [5.74, 6) is -0.931. The second-order valence-corrected chi connectivity index (χ2v) is 4.74. The number of nitrogens with zero attached hydrogens (tertiary/aromatic N) is 4. The Labute approximate surface area is 115 Å². The van der Waals surface area contributed by atoms with Gasteiger partial charge in [0.2, 0.25) is 0 Å². The summed E-state index contributed by atoms with van der Waals surface area (Å²) < 4.78 is 1.48. The zero-order chi connectivity index (χ0) is 14.0. The van der Waals surface area contributed by atoms with Gasteiger partial charge in [0, 0.05) is 10.6 Å². The lowest BCUT2D eigenvalue weighted by Crippen LogP contribution is -2.18. The lowest BCUT2D eigenvalue weighted by atomic mass is 10.1. The second-order valence-electron chi connectivity index (χ2n) is 4.34. The summed E-state index contributed by atoms with van der Waals surface area (Å²) in [6, 6.07) is 5.45. The SMILES string of the molecule is Cc1c(Cl)cccc1-c1nnnn1CC(C)C(=O)O. The molecule has 0 amide bonds. The average Bonchev–Trinajstić information content (AvgIpc) is 2.80. The van der Waals surface area contributed by atoms with E-state index in [0.717, 1.165) is 11.1 Å². The molecule has 0 aliphatic rings. The van der Waals surface area contributed by atoms with Crippen molar-refractivity contribution in [2.24, 2.45) is 5.92 Å². The molecule has 1 N–H and O–H groups in total. The number of tetrazole rings is 1. The molecular weight excluding hydrogens is 268 g/mol. The smallest absolute Gasteiger partial charge is 0.308 e. The molecule has 1 atom stereocenters. The van der Waals surface area contributed by atoms with E-state index in [-0.39, 0.29) is 6.54 Å². The predicted octanol–water partition coefficient (Wildman–Crippen LogP) is 2.02. The van der Waals surface area contributed by atoms with Crippen molar-refractivity contribution in [3.63, 3.8) is 0 Å². The molecule has 1 heterocycles. The number of carboxylic acids is 1. The van der Waals surface area contributed by atoms with Gasteiger partial charge in [-0.3, -0.25) is 4.79 Å². The number of carbonyl (C=O) groups is 1. The van der Waals surface area contributed by atoms with Gasteiger partial charge in [-0.05, 0) is 29.0 Å². The molecule has 0 fully saturated rings. The third-order valence-electron chi connectivity index (χ3n) is 2.91. The molecule has 1 aromatic heterocycles. The van der Waals surface area contributed by atoms with Crippen molar-refractivity contribution >= 4 is 17.6 Å². The predicted molar refractivity (Wildman–Crippen MR) is 69.8 cm³/mol. The topological polar surface area (TPSA) is 80.9 Å². The van der Waals surface area contributed by atoms with Crippen LogP contribution in [0.5, 0.6) is 0 Å². The van der Waals surface area contributed by atoms with Crippen molar-refractivity contribution in [2.75, 3.05) is 0 Å². The molecule has 0 aliphatic heterocycles. The molecule has 100 valence electrons. The second kappa shape index (κ2) is 5.36. The van der Waals surface area contributed by atoms with E-state index in [4.69, 9.17) is 16.7 Å². The van der Waals surface area contributed by atoms with Gasteiger partial charge >= 0.3 is 5.97 Å². The number of aliphatic carboxylic acids is 1. The average molecular weight is 281 g/mol. The maximum atomic E-state index is 10.9. The lowest BCUT2D eigenvalue weighted by molar-refractivity contribution is -0.141. The van der Waals surface area contributed by atoms with Crippen LogP contribution in [0.2, 0.25) is 5.02 Å². The number of hydrogen-bond donors (Lipinski definition) is 1. The number of carboxylic acid groups (broad SMARTS) is 1. The maximum absolute atomic E-state index is 10.9. The number of halogens is 1. The molecule has 0 aliphatic carbocycles. The Hall–Kier alpha value is -1.95. The highest BCUT2D eigenvalue weighted by Gasteiger charge is 2.18. The van der Waals surface area contributed by atoms with E-state index in [1.165, 1.54) is 4.68 Å². The van der Waals surface area contributed by atoms with Crippen LogP contribution in [-0.4, -0.2) is 31.3 Å². The minimum absolute atomic E-state index is 0.212. The molecular formula is C12H13ClN4O2. The minimum Gasteiger partial charge on any atom is -0.481 e. The van der Waals surface area contributed by atoms with Crippen LogP contribution < -0.4 is 0 Å². The van der Waals surface area contributed by atoms with Crippen molar-refractivity contribution in [2.45, 2.75) is 20.4 Å². The summed E-state index contributed by atoms with van der Waals surface area (Å²) in [6.07, 6.45) is 0. The maximum Gasteiger partial charge on any atom is 0.308 e. The van der Waals surface area contributed by atoms with E-state index in [0.29, 0.717) is 10.8 Å². The van der Waals surface area contributed by atoms with Crippen LogP contribution in [-0.2, 0) is 11.3 Å². The number of aromatic nitrogens is 4. The van der Waals surface area contributed by atoms with Gasteiger partial charge in [0.15, 0.2) is 5.82 Å². The van der Waals surface area contributed by atoms with Gasteiger partial charge in [0.05, 0.1) is 12.5 Å². The van der Waals surface area contributed by atoms with Crippen LogP contribution >= 0.6 is 11.6 Å². The fraction of sp³-hybridized carbons (Fsp3) is 0.333. The summed E-state index contributed by atoms with van der Waals surface area (Å²) in [6.45, 7) is 3.69. The Morgan fingerprint density at radius 3 is 2.95 bits per heavy atom. The lowest BCUT2D eigenvalue weighted by Gasteiger charge is -2.10. The Bertz CT molecular complexity index is 612. The van der Waals surface area contributed by atoms with Crippen LogP contribution in [0.25, 0.3) is 11.4 Å². The molecule has 0 saturated carbocycles. The van der Waals surface area contributed by atoms with Crippen molar-refractivity contribution in [3.05, 3.63) is 28.8 Å². The molecule has 19 heavy (non-hydrogen) atoms. The highest BCUT2D eigenvalue weighted by Crippen LogP contribution is 2.26. The molecule has 0 spiro atoms. The van der Waals surface area contributed by atoms with E-state index in [1.54, 1.807) is 13.0 Å². The molecule has 6 nitrogen and oxygen atoms in total. The quantitative estimate of drug-likeness (QED) is 0.927. The molecule has 2 aromatic rings. The van der Waals surface area contributed by atoms with Gasteiger partial charge in [-0.25, -0.2) is 4.68 Å². The summed E-state index contributed by atoms with van der Waals surface area (Å²) >= 11 is 6.07.